The van der Waals surface area contributed by atoms with Crippen molar-refractivity contribution in [2.75, 3.05) is 7.11 Å². The minimum Gasteiger partial charge on any atom is -0.493 e. The van der Waals surface area contributed by atoms with Gasteiger partial charge < -0.3 is 9.47 Å². The Morgan fingerprint density at radius 1 is 1.28 bits per heavy atom. The molecule has 10 heteroatoms. The molecule has 0 atom stereocenters. The summed E-state index contributed by atoms with van der Waals surface area (Å²) in [5.41, 5.74) is 3.51. The van der Waals surface area contributed by atoms with Crippen molar-refractivity contribution in [1.29, 1.82) is 0 Å². The Bertz CT molecular complexity index is 1080. The molecule has 1 heterocycles. The van der Waals surface area contributed by atoms with Crippen molar-refractivity contribution in [1.82, 2.24) is 15.4 Å². The van der Waals surface area contributed by atoms with Gasteiger partial charge in [0.25, 0.3) is 11.8 Å². The number of nitrogens with one attached hydrogen (secondary N) is 1. The molecular formula is C19H13BrClFN4O3. The number of halogens is 3. The lowest BCUT2D eigenvalue weighted by Crippen LogP contribution is -2.18. The molecule has 1 amide bonds. The predicted octanol–water partition coefficient (Wildman–Crippen LogP) is 4.60. The lowest BCUT2D eigenvalue weighted by molar-refractivity contribution is 0.0954. The van der Waals surface area contributed by atoms with Gasteiger partial charge in [0, 0.05) is 4.47 Å². The molecule has 0 fully saturated rings. The monoisotopic (exact) mass is 478 g/mol. The first-order valence-corrected chi connectivity index (χ1v) is 9.27. The van der Waals surface area contributed by atoms with Gasteiger partial charge in [-0.25, -0.2) is 10.4 Å². The summed E-state index contributed by atoms with van der Waals surface area (Å²) in [6.07, 6.45) is 2.34. The van der Waals surface area contributed by atoms with Gasteiger partial charge in [-0.15, -0.1) is 0 Å². The predicted molar refractivity (Wildman–Crippen MR) is 109 cm³/mol. The standard InChI is InChI=1S/C19H13BrClFN4O3/c1-28-16-8-11(9-24-26-17(27)12-4-2-3-5-13(12)20)6-7-15(16)29-18-14(22)10-23-19(21)25-18/h2-10H,1H3,(H,26,27)/b24-9-. The van der Waals surface area contributed by atoms with E-state index in [0.717, 1.165) is 6.20 Å². The number of hydrazone groups is 1. The van der Waals surface area contributed by atoms with Crippen LogP contribution in [-0.2, 0) is 0 Å². The molecule has 29 heavy (non-hydrogen) atoms. The molecule has 3 aromatic rings. The largest absolute Gasteiger partial charge is 0.493 e. The third-order valence-corrected chi connectivity index (χ3v) is 4.45. The maximum atomic E-state index is 13.8. The van der Waals surface area contributed by atoms with Crippen molar-refractivity contribution in [2.24, 2.45) is 5.10 Å². The Morgan fingerprint density at radius 3 is 2.83 bits per heavy atom. The Labute approximate surface area is 178 Å². The SMILES string of the molecule is COc1cc(/C=N\NC(=O)c2ccccc2Br)ccc1Oc1nc(Cl)ncc1F. The van der Waals surface area contributed by atoms with Crippen LogP contribution in [0.5, 0.6) is 17.4 Å². The Morgan fingerprint density at radius 2 is 2.07 bits per heavy atom. The fourth-order valence-corrected chi connectivity index (χ4v) is 2.82. The number of carbonyl (C=O) groups is 1. The zero-order valence-corrected chi connectivity index (χ0v) is 17.2. The second-order valence-corrected chi connectivity index (χ2v) is 6.68. The van der Waals surface area contributed by atoms with Crippen LogP contribution in [0.1, 0.15) is 15.9 Å². The Balaban J connectivity index is 1.73. The highest BCUT2D eigenvalue weighted by Gasteiger charge is 2.13. The summed E-state index contributed by atoms with van der Waals surface area (Å²) < 4.78 is 25.1. The summed E-state index contributed by atoms with van der Waals surface area (Å²) in [7, 11) is 1.43. The summed E-state index contributed by atoms with van der Waals surface area (Å²) in [5, 5.41) is 3.79. The molecular weight excluding hydrogens is 467 g/mol. The number of aromatic nitrogens is 2. The molecule has 0 saturated carbocycles. The lowest BCUT2D eigenvalue weighted by atomic mass is 10.2. The van der Waals surface area contributed by atoms with Crippen LogP contribution in [-0.4, -0.2) is 29.2 Å². The van der Waals surface area contributed by atoms with Crippen LogP contribution in [0, 0.1) is 5.82 Å². The van der Waals surface area contributed by atoms with Gasteiger partial charge in [0.2, 0.25) is 11.1 Å². The van der Waals surface area contributed by atoms with Gasteiger partial charge in [-0.05, 0) is 63.4 Å². The zero-order valence-electron chi connectivity index (χ0n) is 14.9. The van der Waals surface area contributed by atoms with Gasteiger partial charge >= 0.3 is 0 Å². The van der Waals surface area contributed by atoms with Crippen molar-refractivity contribution in [3.63, 3.8) is 0 Å². The third-order valence-electron chi connectivity index (χ3n) is 3.58. The molecule has 0 aliphatic rings. The van der Waals surface area contributed by atoms with Crippen LogP contribution in [0.25, 0.3) is 0 Å². The van der Waals surface area contributed by atoms with Crippen LogP contribution in [0.15, 0.2) is 58.2 Å². The van der Waals surface area contributed by atoms with Crippen molar-refractivity contribution >= 4 is 39.7 Å². The number of amides is 1. The number of hydrogen-bond donors (Lipinski definition) is 1. The highest BCUT2D eigenvalue weighted by Crippen LogP contribution is 2.32. The van der Waals surface area contributed by atoms with E-state index >= 15 is 0 Å². The molecule has 0 spiro atoms. The summed E-state index contributed by atoms with van der Waals surface area (Å²) in [4.78, 5) is 19.4. The Kier molecular flexibility index (Phi) is 6.73. The van der Waals surface area contributed by atoms with Crippen molar-refractivity contribution < 1.29 is 18.7 Å². The van der Waals surface area contributed by atoms with E-state index in [-0.39, 0.29) is 22.8 Å². The molecule has 7 nitrogen and oxygen atoms in total. The fourth-order valence-electron chi connectivity index (χ4n) is 2.23. The zero-order chi connectivity index (χ0) is 20.8. The molecule has 0 aliphatic heterocycles. The highest BCUT2D eigenvalue weighted by atomic mass is 79.9. The first-order valence-electron chi connectivity index (χ1n) is 8.10. The smallest absolute Gasteiger partial charge is 0.272 e. The maximum Gasteiger partial charge on any atom is 0.272 e. The lowest BCUT2D eigenvalue weighted by Gasteiger charge is -2.10. The third kappa shape index (κ3) is 5.27. The number of nitrogens with zero attached hydrogens (tertiary/aromatic N) is 3. The van der Waals surface area contributed by atoms with E-state index in [4.69, 9.17) is 21.1 Å². The number of carbonyl (C=O) groups excluding carboxylic acids is 1. The molecule has 0 saturated heterocycles. The average Bonchev–Trinajstić information content (AvgIpc) is 2.71. The second kappa shape index (κ2) is 9.44. The first-order chi connectivity index (χ1) is 14.0. The number of methoxy groups -OCH3 is 1. The molecule has 0 bridgehead atoms. The van der Waals surface area contributed by atoms with E-state index in [1.54, 1.807) is 42.5 Å². The summed E-state index contributed by atoms with van der Waals surface area (Å²) in [5.74, 6) is -0.935. The van der Waals surface area contributed by atoms with Gasteiger partial charge in [-0.1, -0.05) is 12.1 Å². The second-order valence-electron chi connectivity index (χ2n) is 5.48. The topological polar surface area (TPSA) is 85.7 Å². The maximum absolute atomic E-state index is 13.8. The van der Waals surface area contributed by atoms with Gasteiger partial charge in [-0.3, -0.25) is 4.79 Å². The highest BCUT2D eigenvalue weighted by molar-refractivity contribution is 9.10. The van der Waals surface area contributed by atoms with Crippen LogP contribution in [0.4, 0.5) is 4.39 Å². The first kappa shape index (κ1) is 20.7. The van der Waals surface area contributed by atoms with Crippen LogP contribution in [0.2, 0.25) is 5.28 Å². The molecule has 3 rings (SSSR count). The molecule has 0 aliphatic carbocycles. The molecule has 2 aromatic carbocycles. The van der Waals surface area contributed by atoms with Crippen molar-refractivity contribution in [2.45, 2.75) is 0 Å². The van der Waals surface area contributed by atoms with Crippen LogP contribution in [0.3, 0.4) is 0 Å². The van der Waals surface area contributed by atoms with E-state index in [2.05, 4.69) is 36.4 Å². The normalized spacial score (nSPS) is 10.8. The minimum atomic E-state index is -0.767. The van der Waals surface area contributed by atoms with E-state index in [1.165, 1.54) is 13.3 Å². The number of rotatable bonds is 6. The van der Waals surface area contributed by atoms with Crippen LogP contribution >= 0.6 is 27.5 Å². The molecule has 1 N–H and O–H groups in total. The summed E-state index contributed by atoms with van der Waals surface area (Å²) in [6, 6.07) is 11.8. The fraction of sp³-hybridized carbons (Fsp3) is 0.0526. The van der Waals surface area contributed by atoms with E-state index in [1.807, 2.05) is 0 Å². The number of hydrogen-bond acceptors (Lipinski definition) is 6. The Hall–Kier alpha value is -3.04. The van der Waals surface area contributed by atoms with Crippen molar-refractivity contribution in [3.05, 3.63) is 75.4 Å². The van der Waals surface area contributed by atoms with Crippen molar-refractivity contribution in [3.8, 4) is 17.4 Å². The van der Waals surface area contributed by atoms with E-state index < -0.39 is 5.82 Å². The van der Waals surface area contributed by atoms with Gasteiger partial charge in [0.05, 0.1) is 25.1 Å². The molecule has 0 radical (unpaired) electrons. The number of ether oxygens (including phenoxy) is 2. The summed E-state index contributed by atoms with van der Waals surface area (Å²) in [6.45, 7) is 0. The van der Waals surface area contributed by atoms with Gasteiger partial charge in [0.15, 0.2) is 11.5 Å². The van der Waals surface area contributed by atoms with Crippen LogP contribution < -0.4 is 14.9 Å². The molecule has 148 valence electrons. The average molecular weight is 480 g/mol. The van der Waals surface area contributed by atoms with Gasteiger partial charge in [-0.2, -0.15) is 14.5 Å². The summed E-state index contributed by atoms with van der Waals surface area (Å²) >= 11 is 8.97. The molecule has 1 aromatic heterocycles. The minimum absolute atomic E-state index is 0.148. The quantitative estimate of drug-likeness (QED) is 0.317. The van der Waals surface area contributed by atoms with E-state index in [9.17, 15) is 9.18 Å². The van der Waals surface area contributed by atoms with Gasteiger partial charge in [0.1, 0.15) is 0 Å². The molecule has 0 unspecified atom stereocenters. The van der Waals surface area contributed by atoms with E-state index in [0.29, 0.717) is 21.3 Å². The number of benzene rings is 2.